The quantitative estimate of drug-likeness (QED) is 0.435. The average molecular weight is 524 g/mol. The van der Waals surface area contributed by atoms with Gasteiger partial charge in [-0.2, -0.15) is 0 Å². The van der Waals surface area contributed by atoms with E-state index in [1.165, 1.54) is 0 Å². The highest BCUT2D eigenvalue weighted by Crippen LogP contribution is 2.33. The first kappa shape index (κ1) is 30.9. The van der Waals surface area contributed by atoms with Gasteiger partial charge in [-0.15, -0.1) is 0 Å². The molecule has 0 radical (unpaired) electrons. The summed E-state index contributed by atoms with van der Waals surface area (Å²) in [5.41, 5.74) is 2.85. The van der Waals surface area contributed by atoms with Crippen LogP contribution in [0, 0.1) is 26.7 Å². The summed E-state index contributed by atoms with van der Waals surface area (Å²) < 4.78 is 5.44. The fourth-order valence-corrected chi connectivity index (χ4v) is 4.31. The summed E-state index contributed by atoms with van der Waals surface area (Å²) in [5, 5.41) is 5.86. The summed E-state index contributed by atoms with van der Waals surface area (Å²) >= 11 is 0. The van der Waals surface area contributed by atoms with Crippen LogP contribution in [0.5, 0.6) is 0 Å². The third-order valence-electron chi connectivity index (χ3n) is 6.19. The molecule has 0 saturated heterocycles. The number of amides is 3. The van der Waals surface area contributed by atoms with Crippen LogP contribution in [0.2, 0.25) is 0 Å². The number of rotatable bonds is 7. The lowest BCUT2D eigenvalue weighted by Crippen LogP contribution is -2.59. The lowest BCUT2D eigenvalue weighted by Gasteiger charge is -2.43. The Labute approximate surface area is 228 Å². The molecule has 0 aromatic heterocycles. The van der Waals surface area contributed by atoms with Crippen molar-refractivity contribution in [2.24, 2.45) is 5.92 Å². The van der Waals surface area contributed by atoms with Gasteiger partial charge in [-0.3, -0.25) is 9.59 Å². The predicted octanol–water partition coefficient (Wildman–Crippen LogP) is 6.47. The van der Waals surface area contributed by atoms with Crippen molar-refractivity contribution >= 4 is 23.6 Å². The molecule has 2 atom stereocenters. The zero-order valence-electron chi connectivity index (χ0n) is 24.9. The van der Waals surface area contributed by atoms with E-state index >= 15 is 0 Å². The normalized spacial score (nSPS) is 13.5. The number of nitrogens with zero attached hydrogens (tertiary/aromatic N) is 1. The Bertz CT molecular complexity index is 1120. The molecule has 0 aliphatic carbocycles. The van der Waals surface area contributed by atoms with Crippen molar-refractivity contribution in [1.82, 2.24) is 10.2 Å². The highest BCUT2D eigenvalue weighted by atomic mass is 16.6. The number of ether oxygens (including phenoxy) is 1. The van der Waals surface area contributed by atoms with E-state index in [9.17, 15) is 14.4 Å². The van der Waals surface area contributed by atoms with Crippen molar-refractivity contribution < 1.29 is 19.1 Å². The van der Waals surface area contributed by atoms with Gasteiger partial charge >= 0.3 is 6.09 Å². The molecule has 7 nitrogen and oxygen atoms in total. The van der Waals surface area contributed by atoms with Crippen molar-refractivity contribution in [3.8, 4) is 0 Å². The van der Waals surface area contributed by atoms with Gasteiger partial charge in [0, 0.05) is 11.2 Å². The van der Waals surface area contributed by atoms with Gasteiger partial charge in [-0.25, -0.2) is 4.79 Å². The molecule has 0 saturated carbocycles. The van der Waals surface area contributed by atoms with E-state index in [1.807, 2.05) is 97.9 Å². The van der Waals surface area contributed by atoms with Crippen molar-refractivity contribution in [2.45, 2.75) is 99.4 Å². The van der Waals surface area contributed by atoms with Crippen LogP contribution in [0.15, 0.2) is 42.5 Å². The second-order valence-corrected chi connectivity index (χ2v) is 12.3. The summed E-state index contributed by atoms with van der Waals surface area (Å²) in [6, 6.07) is 11.6. The van der Waals surface area contributed by atoms with E-state index < -0.39 is 29.3 Å². The molecule has 0 bridgehead atoms. The van der Waals surface area contributed by atoms with Crippen LogP contribution in [0.25, 0.3) is 0 Å². The second-order valence-electron chi connectivity index (χ2n) is 12.3. The van der Waals surface area contributed by atoms with Crippen LogP contribution >= 0.6 is 0 Å². The molecule has 0 aliphatic rings. The number of hydrogen-bond donors (Lipinski definition) is 2. The molecule has 0 spiro atoms. The van der Waals surface area contributed by atoms with Crippen LogP contribution in [0.3, 0.4) is 0 Å². The Hall–Kier alpha value is -3.35. The van der Waals surface area contributed by atoms with Gasteiger partial charge < -0.3 is 20.3 Å². The molecule has 208 valence electrons. The largest absolute Gasteiger partial charge is 0.444 e. The minimum atomic E-state index is -0.941. The maximum atomic E-state index is 14.3. The fourth-order valence-electron chi connectivity index (χ4n) is 4.31. The lowest BCUT2D eigenvalue weighted by atomic mass is 9.92. The molecule has 0 fully saturated rings. The van der Waals surface area contributed by atoms with Crippen molar-refractivity contribution in [2.75, 3.05) is 5.32 Å². The molecular weight excluding hydrogens is 478 g/mol. The monoisotopic (exact) mass is 523 g/mol. The first-order valence-electron chi connectivity index (χ1n) is 13.2. The van der Waals surface area contributed by atoms with Crippen LogP contribution < -0.4 is 10.6 Å². The van der Waals surface area contributed by atoms with E-state index in [-0.39, 0.29) is 17.7 Å². The zero-order valence-corrected chi connectivity index (χ0v) is 24.9. The van der Waals surface area contributed by atoms with Crippen LogP contribution in [-0.4, -0.2) is 40.0 Å². The Morgan fingerprint density at radius 3 is 1.82 bits per heavy atom. The summed E-state index contributed by atoms with van der Waals surface area (Å²) in [6.07, 6.45) is -0.676. The van der Waals surface area contributed by atoms with Crippen LogP contribution in [-0.2, 0) is 14.3 Å². The van der Waals surface area contributed by atoms with E-state index in [4.69, 9.17) is 4.74 Å². The molecule has 2 unspecified atom stereocenters. The number of carbonyl (C=O) groups excluding carboxylic acids is 3. The van der Waals surface area contributed by atoms with Gasteiger partial charge in [0.25, 0.3) is 5.91 Å². The SMILES string of the molecule is Cc1ccc(C(C(=O)Nc2c(C)cccc2C)N(C(=O)C(NC(=O)OC(C)(C)C)C(C)C)C(C)(C)C)cc1. The van der Waals surface area contributed by atoms with Crippen molar-refractivity contribution in [3.05, 3.63) is 64.7 Å². The first-order valence-corrected chi connectivity index (χ1v) is 13.2. The van der Waals surface area contributed by atoms with Gasteiger partial charge in [0.2, 0.25) is 5.91 Å². The molecular formula is C31H45N3O4. The first-order chi connectivity index (χ1) is 17.4. The Kier molecular flexibility index (Phi) is 9.76. The van der Waals surface area contributed by atoms with Gasteiger partial charge in [-0.1, -0.05) is 61.9 Å². The second kappa shape index (κ2) is 12.0. The maximum Gasteiger partial charge on any atom is 0.408 e. The van der Waals surface area contributed by atoms with E-state index in [0.717, 1.165) is 22.4 Å². The third kappa shape index (κ3) is 8.07. The topological polar surface area (TPSA) is 87.7 Å². The summed E-state index contributed by atoms with van der Waals surface area (Å²) in [7, 11) is 0. The molecule has 0 heterocycles. The number of alkyl carbamates (subject to hydrolysis) is 1. The number of benzene rings is 2. The predicted molar refractivity (Wildman–Crippen MR) is 153 cm³/mol. The smallest absolute Gasteiger partial charge is 0.408 e. The number of anilines is 1. The fraction of sp³-hybridized carbons (Fsp3) is 0.516. The standard InChI is InChI=1S/C31H45N3O4/c1-19(2)24(33-29(37)38-31(9,10)11)28(36)34(30(6,7)8)26(23-17-15-20(3)16-18-23)27(35)32-25-21(4)13-12-14-22(25)5/h12-19,24,26H,1-11H3,(H,32,35)(H,33,37). The van der Waals surface area contributed by atoms with Crippen molar-refractivity contribution in [1.29, 1.82) is 0 Å². The molecule has 3 amide bonds. The van der Waals surface area contributed by atoms with Gasteiger partial charge in [0.05, 0.1) is 0 Å². The van der Waals surface area contributed by atoms with Crippen molar-refractivity contribution in [3.63, 3.8) is 0 Å². The average Bonchev–Trinajstić information content (AvgIpc) is 2.76. The molecule has 2 aromatic carbocycles. The molecule has 7 heteroatoms. The molecule has 38 heavy (non-hydrogen) atoms. The number of aryl methyl sites for hydroxylation is 3. The Balaban J connectivity index is 2.61. The zero-order chi connectivity index (χ0) is 29.0. The number of para-hydroxylation sites is 1. The highest BCUT2D eigenvalue weighted by molar-refractivity contribution is 6.00. The summed E-state index contributed by atoms with van der Waals surface area (Å²) in [6.45, 7) is 20.6. The van der Waals surface area contributed by atoms with Gasteiger partial charge in [0.1, 0.15) is 17.7 Å². The number of hydrogen-bond acceptors (Lipinski definition) is 4. The summed E-state index contributed by atoms with van der Waals surface area (Å²) in [5.74, 6) is -0.935. The number of nitrogens with one attached hydrogen (secondary N) is 2. The maximum absolute atomic E-state index is 14.3. The summed E-state index contributed by atoms with van der Waals surface area (Å²) in [4.78, 5) is 42.6. The van der Waals surface area contributed by atoms with E-state index in [1.54, 1.807) is 25.7 Å². The molecule has 0 aliphatic heterocycles. The van der Waals surface area contributed by atoms with Crippen LogP contribution in [0.4, 0.5) is 10.5 Å². The minimum Gasteiger partial charge on any atom is -0.444 e. The van der Waals surface area contributed by atoms with Gasteiger partial charge in [0.15, 0.2) is 0 Å². The van der Waals surface area contributed by atoms with Crippen LogP contribution in [0.1, 0.15) is 83.7 Å². The Morgan fingerprint density at radius 1 is 0.842 bits per heavy atom. The third-order valence-corrected chi connectivity index (χ3v) is 6.19. The minimum absolute atomic E-state index is 0.250. The number of carbonyl (C=O) groups is 3. The Morgan fingerprint density at radius 2 is 1.37 bits per heavy atom. The lowest BCUT2D eigenvalue weighted by molar-refractivity contribution is -0.147. The van der Waals surface area contributed by atoms with E-state index in [2.05, 4.69) is 10.6 Å². The van der Waals surface area contributed by atoms with E-state index in [0.29, 0.717) is 5.56 Å². The highest BCUT2D eigenvalue weighted by Gasteiger charge is 2.42. The molecule has 2 rings (SSSR count). The molecule has 2 N–H and O–H groups in total. The van der Waals surface area contributed by atoms with Gasteiger partial charge in [-0.05, 0) is 84.9 Å². The molecule has 2 aromatic rings.